The van der Waals surface area contributed by atoms with Crippen LogP contribution in [0.3, 0.4) is 0 Å². The number of carboxylic acid groups (broad SMARTS) is 4. The Morgan fingerprint density at radius 3 is 1.75 bits per heavy atom. The smallest absolute Gasteiger partial charge is 0.490 e. The summed E-state index contributed by atoms with van der Waals surface area (Å²) in [5, 5.41) is 115. The van der Waals surface area contributed by atoms with Crippen molar-refractivity contribution in [3.05, 3.63) is 71.7 Å². The zero-order valence-corrected chi connectivity index (χ0v) is 54.2. The molecular weight excluding hydrogens is 1470 g/mol. The molecule has 3 amide bonds. The maximum absolute atomic E-state index is 15.0. The number of imidazole rings is 1. The van der Waals surface area contributed by atoms with Crippen LogP contribution in [0.25, 0.3) is 16.9 Å². The largest absolute Gasteiger partial charge is 0.494 e. The number of nitrogens with one attached hydrogen (secondary N) is 4. The highest BCUT2D eigenvalue weighted by atomic mass is 19.4. The summed E-state index contributed by atoms with van der Waals surface area (Å²) >= 11 is 0. The van der Waals surface area contributed by atoms with E-state index in [1.54, 1.807) is 28.8 Å². The standard InChI is InChI=1S/C49H69F2N11O15.4C2HF3O2/c1-3-21-16-22(60-44-45-59-19-27(62(45)15-14-56-44)24-9-10-29(73-2)34(51)33(24)50)7-8-23(21)46(71)57-13-5-4-6-32(64)58-20-31-36(65)35(55)38(67)48(75-31)77-43-26(61-47(72)28(63)11-12-52)17-25(54)42(41(43)70)76-49-40(69)39(68)37(66)30(18-53)74-49;4*3-2(4,5)1(6)7/h7-10,14-16,19,25-26,28,30-31,35-43,48-49,63,65-70H,3-6,11-13,17-18,20,52-55H2,1-2H3,(H,56,60)(H,57,71)(H,58,64)(H,61,72);4*(H,6,7)/t25-,26+,28-,30+,31+,35-,36+,37+,38+,39-,40+,41-,42+,43-,48+,49+;;;;/m0..../s1. The molecule has 105 heavy (non-hydrogen) atoms. The summed E-state index contributed by atoms with van der Waals surface area (Å²) in [6.07, 6.45) is -35.6. The Morgan fingerprint density at radius 1 is 0.686 bits per heavy atom. The Morgan fingerprint density at radius 2 is 1.23 bits per heavy atom. The van der Waals surface area contributed by atoms with Crippen LogP contribution in [0.4, 0.5) is 73.0 Å². The van der Waals surface area contributed by atoms with E-state index in [-0.39, 0.29) is 68.4 Å². The fourth-order valence-corrected chi connectivity index (χ4v) is 9.51. The lowest BCUT2D eigenvalue weighted by Gasteiger charge is -2.49. The molecule has 3 fully saturated rings. The Hall–Kier alpha value is -8.63. The summed E-state index contributed by atoms with van der Waals surface area (Å²) in [5.41, 5.74) is 26.1. The number of hydrogen-bond acceptors (Lipinski definition) is 26. The molecule has 0 spiro atoms. The number of carbonyl (C=O) groups is 7. The van der Waals surface area contributed by atoms with Gasteiger partial charge in [0.2, 0.25) is 17.6 Å². The van der Waals surface area contributed by atoms with Gasteiger partial charge < -0.3 is 124 Å². The van der Waals surface area contributed by atoms with Crippen molar-refractivity contribution >= 4 is 58.8 Å². The minimum atomic E-state index is -5.08. The van der Waals surface area contributed by atoms with Crippen molar-refractivity contribution in [1.29, 1.82) is 0 Å². The van der Waals surface area contributed by atoms with Gasteiger partial charge in [-0.15, -0.1) is 0 Å². The second-order valence-corrected chi connectivity index (χ2v) is 22.3. The molecule has 23 N–H and O–H groups in total. The molecule has 48 heteroatoms. The van der Waals surface area contributed by atoms with Gasteiger partial charge in [0.1, 0.15) is 61.0 Å². The number of fused-ring (bicyclic) bond motifs is 1. The van der Waals surface area contributed by atoms with Crippen LogP contribution in [0.1, 0.15) is 54.9 Å². The van der Waals surface area contributed by atoms with Crippen LogP contribution < -0.4 is 48.9 Å². The Bertz CT molecular complexity index is 3450. The Kier molecular flexibility index (Phi) is 34.2. The van der Waals surface area contributed by atoms with Crippen LogP contribution in [0.2, 0.25) is 0 Å². The van der Waals surface area contributed by atoms with E-state index in [9.17, 15) is 107 Å². The fourth-order valence-electron chi connectivity index (χ4n) is 9.51. The first kappa shape index (κ1) is 90.6. The summed E-state index contributed by atoms with van der Waals surface area (Å²) in [6, 6.07) is 4.11. The number of aliphatic hydroxyl groups is 7. The summed E-state index contributed by atoms with van der Waals surface area (Å²) in [5.74, 6) is -14.8. The number of amides is 3. The summed E-state index contributed by atoms with van der Waals surface area (Å²) in [4.78, 5) is 83.7. The van der Waals surface area contributed by atoms with Crippen LogP contribution >= 0.6 is 0 Å². The number of hydrogen-bond donors (Lipinski definition) is 19. The summed E-state index contributed by atoms with van der Waals surface area (Å²) < 4.78 is 186. The molecule has 0 radical (unpaired) electrons. The maximum Gasteiger partial charge on any atom is 0.490 e. The molecule has 2 aromatic carbocycles. The molecule has 0 bridgehead atoms. The molecule has 592 valence electrons. The first-order chi connectivity index (χ1) is 48.6. The molecule has 16 atom stereocenters. The minimum Gasteiger partial charge on any atom is -0.494 e. The zero-order valence-electron chi connectivity index (χ0n) is 54.2. The number of unbranched alkanes of at least 4 members (excludes halogenated alkanes) is 1. The molecule has 34 nitrogen and oxygen atoms in total. The molecule has 2 aromatic heterocycles. The van der Waals surface area contributed by atoms with Crippen LogP contribution in [0.15, 0.2) is 48.9 Å². The third-order valence-electron chi connectivity index (χ3n) is 14.9. The van der Waals surface area contributed by atoms with Crippen molar-refractivity contribution in [1.82, 2.24) is 30.3 Å². The monoisotopic (exact) mass is 1550 g/mol. The lowest BCUT2D eigenvalue weighted by molar-refractivity contribution is -0.331. The van der Waals surface area contributed by atoms with Gasteiger partial charge in [-0.25, -0.2) is 33.5 Å². The van der Waals surface area contributed by atoms with Crippen molar-refractivity contribution in [2.24, 2.45) is 22.9 Å². The van der Waals surface area contributed by atoms with E-state index in [1.807, 2.05) is 6.92 Å². The van der Waals surface area contributed by atoms with Crippen molar-refractivity contribution in [3.8, 4) is 17.0 Å². The highest BCUT2D eigenvalue weighted by molar-refractivity contribution is 5.96. The number of alkyl halides is 12. The SMILES string of the molecule is CCc1cc(Nc2nccn3c(-c4ccc(OC)c(F)c4F)cnc23)ccc1C(=O)NCCCCC(=O)NC[C@H]1O[C@H](O[C@@H]2[C@@H](O)[C@H](O[C@H]3O[C@H](CN)[C@@H](O)[C@H](O)[C@H]3O)[C@@H](N)C[C@H]2NC(=O)[C@@H](O)CCN)[C@H](O)[C@@H](N)[C@@H]1O.O=C(O)C(F)(F)F.O=C(O)C(F)(F)F.O=C(O)C(F)(F)F.O=C(O)C(F)(F)F. The van der Waals surface area contributed by atoms with Gasteiger partial charge >= 0.3 is 48.6 Å². The van der Waals surface area contributed by atoms with E-state index in [2.05, 4.69) is 31.2 Å². The third kappa shape index (κ3) is 26.1. The second-order valence-electron chi connectivity index (χ2n) is 22.3. The number of aliphatic hydroxyl groups excluding tert-OH is 7. The number of benzene rings is 2. The number of aromatic nitrogens is 3. The number of nitrogens with two attached hydrogens (primary N) is 4. The zero-order chi connectivity index (χ0) is 80.1. The quantitative estimate of drug-likeness (QED) is 0.0336. The minimum absolute atomic E-state index is 0.00726. The van der Waals surface area contributed by atoms with Gasteiger partial charge in [0, 0.05) is 61.3 Å². The molecule has 0 unspecified atom stereocenters. The average molecular weight is 1550 g/mol. The number of carboxylic acids is 4. The Labute approximate surface area is 581 Å². The van der Waals surface area contributed by atoms with Gasteiger partial charge in [0.15, 0.2) is 35.6 Å². The van der Waals surface area contributed by atoms with Gasteiger partial charge in [-0.1, -0.05) is 6.92 Å². The van der Waals surface area contributed by atoms with Gasteiger partial charge in [-0.3, -0.25) is 18.8 Å². The van der Waals surface area contributed by atoms with Crippen molar-refractivity contribution in [2.45, 2.75) is 168 Å². The van der Waals surface area contributed by atoms with Gasteiger partial charge in [0.05, 0.1) is 37.2 Å². The lowest BCUT2D eigenvalue weighted by atomic mass is 9.83. The van der Waals surface area contributed by atoms with E-state index >= 15 is 4.39 Å². The number of rotatable bonds is 22. The van der Waals surface area contributed by atoms with E-state index in [4.69, 9.17) is 86.2 Å². The molecule has 1 saturated carbocycles. The van der Waals surface area contributed by atoms with Crippen molar-refractivity contribution in [2.75, 3.05) is 38.6 Å². The molecule has 4 aromatic rings. The number of ether oxygens (including phenoxy) is 5. The first-order valence-corrected chi connectivity index (χ1v) is 30.2. The topological polar surface area (TPSA) is 571 Å². The summed E-state index contributed by atoms with van der Waals surface area (Å²) in [7, 11) is 1.24. The first-order valence-electron chi connectivity index (χ1n) is 30.2. The van der Waals surface area contributed by atoms with E-state index in [1.165, 1.54) is 31.6 Å². The molecule has 4 heterocycles. The average Bonchev–Trinajstić information content (AvgIpc) is 1.66. The number of aryl methyl sites for hydroxylation is 1. The molecule has 7 rings (SSSR count). The van der Waals surface area contributed by atoms with E-state index in [0.29, 0.717) is 47.5 Å². The second kappa shape index (κ2) is 39.6. The van der Waals surface area contributed by atoms with Crippen molar-refractivity contribution in [3.63, 3.8) is 0 Å². The van der Waals surface area contributed by atoms with Gasteiger partial charge in [-0.2, -0.15) is 57.1 Å². The maximum atomic E-state index is 15.0. The number of carbonyl (C=O) groups excluding carboxylic acids is 3. The Balaban J connectivity index is 0.000000858. The van der Waals surface area contributed by atoms with E-state index in [0.717, 1.165) is 0 Å². The fraction of sp³-hybridized carbons (Fsp3) is 0.561. The molecule has 2 saturated heterocycles. The number of halogens is 14. The van der Waals surface area contributed by atoms with Crippen LogP contribution in [-0.2, 0) is 54.1 Å². The predicted octanol–water partition coefficient (Wildman–Crippen LogP) is -0.864. The lowest BCUT2D eigenvalue weighted by Crippen LogP contribution is -2.69. The number of anilines is 2. The molecule has 1 aliphatic carbocycles. The van der Waals surface area contributed by atoms with Crippen LogP contribution in [0.5, 0.6) is 5.75 Å². The van der Waals surface area contributed by atoms with Crippen molar-refractivity contribution < 1.29 is 175 Å². The highest BCUT2D eigenvalue weighted by Gasteiger charge is 2.53. The molecule has 2 aliphatic heterocycles. The van der Waals surface area contributed by atoms with E-state index < -0.39 is 170 Å². The third-order valence-corrected chi connectivity index (χ3v) is 14.9. The molecule has 3 aliphatic rings. The van der Waals surface area contributed by atoms with Crippen LogP contribution in [-0.4, -0.2) is 268 Å². The number of nitrogens with zero attached hydrogens (tertiary/aromatic N) is 3. The summed E-state index contributed by atoms with van der Waals surface area (Å²) in [6.45, 7) is 1.48. The number of methoxy groups -OCH3 is 1. The van der Waals surface area contributed by atoms with Gasteiger partial charge in [-0.05, 0) is 74.5 Å². The van der Waals surface area contributed by atoms with Gasteiger partial charge in [0.25, 0.3) is 5.91 Å². The van der Waals surface area contributed by atoms with Crippen LogP contribution in [0, 0.1) is 11.6 Å². The normalized spacial score (nSPS) is 24.9. The number of aliphatic carboxylic acids is 4. The highest BCUT2D eigenvalue weighted by Crippen LogP contribution is 2.35. The predicted molar refractivity (Wildman–Crippen MR) is 322 cm³/mol. The molecular formula is C57H73F14N11O23.